The normalized spacial score (nSPS) is 10.1. The maximum absolute atomic E-state index is 5.66. The van der Waals surface area contributed by atoms with E-state index in [-0.39, 0.29) is 0 Å². The van der Waals surface area contributed by atoms with Crippen LogP contribution in [0.5, 0.6) is 5.75 Å². The number of hydrogen-bond acceptors (Lipinski definition) is 2. The van der Waals surface area contributed by atoms with Crippen molar-refractivity contribution in [3.05, 3.63) is 70.7 Å². The van der Waals surface area contributed by atoms with Gasteiger partial charge in [0.15, 0.2) is 0 Å². The van der Waals surface area contributed by atoms with E-state index in [0.29, 0.717) is 6.61 Å². The molecule has 2 aromatic rings. The molecule has 0 unspecified atom stereocenters. The number of ether oxygens (including phenoxy) is 1. The molecule has 3 heteroatoms. The zero-order chi connectivity index (χ0) is 14.4. The Morgan fingerprint density at radius 3 is 2.80 bits per heavy atom. The molecule has 1 N–H and O–H groups in total. The van der Waals surface area contributed by atoms with Crippen LogP contribution in [0.15, 0.2) is 59.6 Å². The van der Waals surface area contributed by atoms with E-state index in [1.807, 2.05) is 30.3 Å². The Bertz CT molecular complexity index is 595. The van der Waals surface area contributed by atoms with Crippen molar-refractivity contribution in [1.82, 2.24) is 0 Å². The van der Waals surface area contributed by atoms with Crippen LogP contribution < -0.4 is 10.1 Å². The van der Waals surface area contributed by atoms with Gasteiger partial charge < -0.3 is 10.1 Å². The second-order valence-corrected chi connectivity index (χ2v) is 5.33. The number of nitrogens with one attached hydrogen (secondary N) is 1. The van der Waals surface area contributed by atoms with Crippen LogP contribution in [0.2, 0.25) is 0 Å². The Morgan fingerprint density at radius 2 is 2.00 bits per heavy atom. The molecule has 0 bridgehead atoms. The van der Waals surface area contributed by atoms with Crippen molar-refractivity contribution in [2.45, 2.75) is 13.5 Å². The van der Waals surface area contributed by atoms with Gasteiger partial charge in [0.05, 0.1) is 0 Å². The minimum Gasteiger partial charge on any atom is -0.489 e. The summed E-state index contributed by atoms with van der Waals surface area (Å²) in [6.45, 7) is 7.01. The van der Waals surface area contributed by atoms with E-state index < -0.39 is 0 Å². The first-order valence-electron chi connectivity index (χ1n) is 6.53. The molecule has 2 aromatic carbocycles. The predicted molar refractivity (Wildman–Crippen MR) is 88.3 cm³/mol. The number of hydrogen-bond donors (Lipinski definition) is 1. The molecule has 0 fully saturated rings. The van der Waals surface area contributed by atoms with Crippen molar-refractivity contribution in [3.8, 4) is 5.75 Å². The summed E-state index contributed by atoms with van der Waals surface area (Å²) in [7, 11) is 0. The van der Waals surface area contributed by atoms with Gasteiger partial charge in [0.1, 0.15) is 12.4 Å². The van der Waals surface area contributed by atoms with Crippen molar-refractivity contribution >= 4 is 21.6 Å². The molecular weight excluding hydrogens is 314 g/mol. The molecule has 0 aliphatic carbocycles. The lowest BCUT2D eigenvalue weighted by Crippen LogP contribution is -2.04. The van der Waals surface area contributed by atoms with Crippen LogP contribution in [-0.2, 0) is 6.54 Å². The van der Waals surface area contributed by atoms with Crippen LogP contribution in [0.1, 0.15) is 11.1 Å². The molecule has 0 spiro atoms. The zero-order valence-corrected chi connectivity index (χ0v) is 13.1. The highest BCUT2D eigenvalue weighted by molar-refractivity contribution is 9.10. The van der Waals surface area contributed by atoms with Crippen LogP contribution in [0.4, 0.5) is 5.69 Å². The van der Waals surface area contributed by atoms with Gasteiger partial charge in [0.2, 0.25) is 0 Å². The largest absolute Gasteiger partial charge is 0.489 e. The Morgan fingerprint density at radius 1 is 1.20 bits per heavy atom. The Kier molecular flexibility index (Phi) is 5.24. The summed E-state index contributed by atoms with van der Waals surface area (Å²) in [4.78, 5) is 0. The van der Waals surface area contributed by atoms with Gasteiger partial charge in [0, 0.05) is 22.3 Å². The van der Waals surface area contributed by atoms with Crippen molar-refractivity contribution in [3.63, 3.8) is 0 Å². The molecular formula is C17H18BrNO. The molecule has 0 heterocycles. The number of para-hydroxylation sites is 1. The molecule has 0 radical (unpaired) electrons. The number of rotatable bonds is 6. The molecule has 0 amide bonds. The average Bonchev–Trinajstić information content (AvgIpc) is 2.47. The molecule has 0 aliphatic heterocycles. The van der Waals surface area contributed by atoms with E-state index >= 15 is 0 Å². The summed E-state index contributed by atoms with van der Waals surface area (Å²) >= 11 is 3.55. The zero-order valence-electron chi connectivity index (χ0n) is 11.5. The van der Waals surface area contributed by atoms with Crippen molar-refractivity contribution in [2.75, 3.05) is 11.9 Å². The lowest BCUT2D eigenvalue weighted by molar-refractivity contribution is 0.359. The first kappa shape index (κ1) is 14.7. The van der Waals surface area contributed by atoms with E-state index in [0.717, 1.165) is 28.0 Å². The van der Waals surface area contributed by atoms with E-state index in [9.17, 15) is 0 Å². The van der Waals surface area contributed by atoms with Crippen LogP contribution in [0.3, 0.4) is 0 Å². The molecule has 0 atom stereocenters. The standard InChI is InChI=1S/C17H18BrNO/c1-3-11-20-17-10-5-4-7-14(17)12-19-16-9-6-8-15(18)13(16)2/h3-10,19H,1,11-12H2,2H3. The van der Waals surface area contributed by atoms with Crippen LogP contribution in [0, 0.1) is 6.92 Å². The maximum Gasteiger partial charge on any atom is 0.124 e. The summed E-state index contributed by atoms with van der Waals surface area (Å²) < 4.78 is 6.77. The van der Waals surface area contributed by atoms with Crippen molar-refractivity contribution in [1.29, 1.82) is 0 Å². The fourth-order valence-corrected chi connectivity index (χ4v) is 2.30. The van der Waals surface area contributed by atoms with Crippen molar-refractivity contribution < 1.29 is 4.74 Å². The lowest BCUT2D eigenvalue weighted by Gasteiger charge is -2.13. The van der Waals surface area contributed by atoms with Gasteiger partial charge in [-0.2, -0.15) is 0 Å². The quantitative estimate of drug-likeness (QED) is 0.757. The molecule has 2 nitrogen and oxygen atoms in total. The lowest BCUT2D eigenvalue weighted by atomic mass is 10.1. The van der Waals surface area contributed by atoms with E-state index in [2.05, 4.69) is 46.9 Å². The van der Waals surface area contributed by atoms with Crippen molar-refractivity contribution in [2.24, 2.45) is 0 Å². The molecule has 2 rings (SSSR count). The van der Waals surface area contributed by atoms with Crippen LogP contribution >= 0.6 is 15.9 Å². The predicted octanol–water partition coefficient (Wildman–Crippen LogP) is 4.93. The van der Waals surface area contributed by atoms with Gasteiger partial charge in [-0.1, -0.05) is 52.9 Å². The summed E-state index contributed by atoms with van der Waals surface area (Å²) in [5, 5.41) is 3.45. The summed E-state index contributed by atoms with van der Waals surface area (Å²) in [5.41, 5.74) is 3.46. The second-order valence-electron chi connectivity index (χ2n) is 4.47. The SMILES string of the molecule is C=CCOc1ccccc1CNc1cccc(Br)c1C. The smallest absolute Gasteiger partial charge is 0.124 e. The molecule has 20 heavy (non-hydrogen) atoms. The molecule has 0 aromatic heterocycles. The van der Waals surface area contributed by atoms with Gasteiger partial charge in [-0.15, -0.1) is 0 Å². The molecule has 0 saturated carbocycles. The van der Waals surface area contributed by atoms with E-state index in [1.54, 1.807) is 6.08 Å². The topological polar surface area (TPSA) is 21.3 Å². The van der Waals surface area contributed by atoms with E-state index in [1.165, 1.54) is 5.56 Å². The third-order valence-electron chi connectivity index (χ3n) is 3.07. The average molecular weight is 332 g/mol. The first-order chi connectivity index (χ1) is 9.72. The van der Waals surface area contributed by atoms with Gasteiger partial charge >= 0.3 is 0 Å². The third kappa shape index (κ3) is 3.64. The van der Waals surface area contributed by atoms with Gasteiger partial charge in [0.25, 0.3) is 0 Å². The highest BCUT2D eigenvalue weighted by atomic mass is 79.9. The number of anilines is 1. The van der Waals surface area contributed by atoms with Gasteiger partial charge in [-0.3, -0.25) is 0 Å². The number of halogens is 1. The maximum atomic E-state index is 5.66. The van der Waals surface area contributed by atoms with Crippen LogP contribution in [-0.4, -0.2) is 6.61 Å². The minimum atomic E-state index is 0.521. The second kappa shape index (κ2) is 7.15. The highest BCUT2D eigenvalue weighted by Crippen LogP contribution is 2.25. The Balaban J connectivity index is 2.10. The van der Waals surface area contributed by atoms with E-state index in [4.69, 9.17) is 4.74 Å². The minimum absolute atomic E-state index is 0.521. The monoisotopic (exact) mass is 331 g/mol. The molecule has 0 saturated heterocycles. The summed E-state index contributed by atoms with van der Waals surface area (Å²) in [6, 6.07) is 14.2. The first-order valence-corrected chi connectivity index (χ1v) is 7.32. The van der Waals surface area contributed by atoms with Crippen LogP contribution in [0.25, 0.3) is 0 Å². The Hall–Kier alpha value is -1.74. The molecule has 104 valence electrons. The fraction of sp³-hybridized carbons (Fsp3) is 0.176. The molecule has 0 aliphatic rings. The van der Waals surface area contributed by atoms with Gasteiger partial charge in [-0.05, 0) is 30.7 Å². The summed E-state index contributed by atoms with van der Waals surface area (Å²) in [5.74, 6) is 0.896. The fourth-order valence-electron chi connectivity index (χ4n) is 1.93. The highest BCUT2D eigenvalue weighted by Gasteiger charge is 2.05. The van der Waals surface area contributed by atoms with Gasteiger partial charge in [-0.25, -0.2) is 0 Å². The summed E-state index contributed by atoms with van der Waals surface area (Å²) in [6.07, 6.45) is 1.75. The number of benzene rings is 2. The third-order valence-corrected chi connectivity index (χ3v) is 3.93. The Labute approximate surface area is 128 Å².